The van der Waals surface area contributed by atoms with Crippen molar-refractivity contribution in [3.05, 3.63) is 39.8 Å². The van der Waals surface area contributed by atoms with Gasteiger partial charge in [-0.1, -0.05) is 0 Å². The molecule has 0 fully saturated rings. The summed E-state index contributed by atoms with van der Waals surface area (Å²) in [5.74, 6) is 1.17. The van der Waals surface area contributed by atoms with E-state index in [4.69, 9.17) is 14.6 Å². The third-order valence-corrected chi connectivity index (χ3v) is 5.33. The maximum absolute atomic E-state index is 9.49. The van der Waals surface area contributed by atoms with Crippen LogP contribution in [-0.2, 0) is 12.8 Å². The molecule has 1 N–H and O–H groups in total. The largest absolute Gasteiger partial charge is 0.493 e. The molecule has 25 heavy (non-hydrogen) atoms. The first-order valence-corrected chi connectivity index (χ1v) is 9.09. The molecule has 0 saturated heterocycles. The van der Waals surface area contributed by atoms with Gasteiger partial charge in [-0.15, -0.1) is 11.3 Å². The highest BCUT2D eigenvalue weighted by atomic mass is 32.1. The highest BCUT2D eigenvalue weighted by Gasteiger charge is 2.20. The summed E-state index contributed by atoms with van der Waals surface area (Å²) in [6.07, 6.45) is 6.11. The van der Waals surface area contributed by atoms with Crippen molar-refractivity contribution in [3.8, 4) is 17.6 Å². The van der Waals surface area contributed by atoms with Crippen molar-refractivity contribution in [2.45, 2.75) is 25.7 Å². The minimum absolute atomic E-state index is 0.0493. The van der Waals surface area contributed by atoms with Gasteiger partial charge >= 0.3 is 0 Å². The number of aliphatic hydroxyl groups is 1. The number of hydrogen-bond donors (Lipinski definition) is 1. The highest BCUT2D eigenvalue weighted by molar-refractivity contribution is 7.16. The molecule has 0 unspecified atom stereocenters. The SMILES string of the molecule is COc1cc(/C=N/c2sc3c(c2C#N)CCCC3)ccc1OCCO. The molecule has 130 valence electrons. The Labute approximate surface area is 151 Å². The number of rotatable bonds is 6. The quantitative estimate of drug-likeness (QED) is 0.802. The zero-order valence-corrected chi connectivity index (χ0v) is 14.9. The van der Waals surface area contributed by atoms with Crippen LogP contribution < -0.4 is 9.47 Å². The van der Waals surface area contributed by atoms with Gasteiger partial charge in [0, 0.05) is 11.1 Å². The molecule has 0 bridgehead atoms. The van der Waals surface area contributed by atoms with Crippen molar-refractivity contribution in [2.75, 3.05) is 20.3 Å². The summed E-state index contributed by atoms with van der Waals surface area (Å²) in [4.78, 5) is 5.86. The number of aliphatic imine (C=N–C) groups is 1. The molecule has 1 heterocycles. The van der Waals surface area contributed by atoms with E-state index in [-0.39, 0.29) is 13.2 Å². The maximum Gasteiger partial charge on any atom is 0.161 e. The van der Waals surface area contributed by atoms with E-state index in [1.807, 2.05) is 12.1 Å². The van der Waals surface area contributed by atoms with Gasteiger partial charge in [-0.3, -0.25) is 0 Å². The van der Waals surface area contributed by atoms with Crippen LogP contribution in [0.25, 0.3) is 0 Å². The topological polar surface area (TPSA) is 74.8 Å². The molecule has 6 heteroatoms. The smallest absolute Gasteiger partial charge is 0.161 e. The molecule has 0 aliphatic heterocycles. The highest BCUT2D eigenvalue weighted by Crippen LogP contribution is 2.39. The Morgan fingerprint density at radius 3 is 2.92 bits per heavy atom. The average Bonchev–Trinajstić information content (AvgIpc) is 3.02. The van der Waals surface area contributed by atoms with Crippen LogP contribution in [0.3, 0.4) is 0 Å². The van der Waals surface area contributed by atoms with E-state index in [1.54, 1.807) is 30.7 Å². The van der Waals surface area contributed by atoms with Gasteiger partial charge in [-0.05, 0) is 55.0 Å². The van der Waals surface area contributed by atoms with E-state index in [0.29, 0.717) is 11.5 Å². The summed E-state index contributed by atoms with van der Waals surface area (Å²) in [5.41, 5.74) is 2.78. The van der Waals surface area contributed by atoms with Gasteiger partial charge in [-0.25, -0.2) is 4.99 Å². The van der Waals surface area contributed by atoms with Crippen LogP contribution in [-0.4, -0.2) is 31.6 Å². The summed E-state index contributed by atoms with van der Waals surface area (Å²) in [6.45, 7) is 0.169. The Morgan fingerprint density at radius 1 is 1.32 bits per heavy atom. The predicted molar refractivity (Wildman–Crippen MR) is 98.5 cm³/mol. The van der Waals surface area contributed by atoms with Crippen molar-refractivity contribution < 1.29 is 14.6 Å². The fraction of sp³-hybridized carbons (Fsp3) is 0.368. The fourth-order valence-corrected chi connectivity index (χ4v) is 4.11. The van der Waals surface area contributed by atoms with E-state index >= 15 is 0 Å². The lowest BCUT2D eigenvalue weighted by Gasteiger charge is -2.10. The lowest BCUT2D eigenvalue weighted by molar-refractivity contribution is 0.196. The van der Waals surface area contributed by atoms with E-state index in [2.05, 4.69) is 11.1 Å². The van der Waals surface area contributed by atoms with Gasteiger partial charge in [-0.2, -0.15) is 5.26 Å². The molecule has 0 saturated carbocycles. The summed E-state index contributed by atoms with van der Waals surface area (Å²) < 4.78 is 10.8. The molecule has 5 nitrogen and oxygen atoms in total. The van der Waals surface area contributed by atoms with Crippen LogP contribution >= 0.6 is 11.3 Å². The number of ether oxygens (including phenoxy) is 2. The lowest BCUT2D eigenvalue weighted by atomic mass is 9.96. The Bertz CT molecular complexity index is 821. The Hall–Kier alpha value is -2.36. The zero-order valence-electron chi connectivity index (χ0n) is 14.1. The molecule has 1 aromatic heterocycles. The second kappa shape index (κ2) is 8.15. The van der Waals surface area contributed by atoms with Gasteiger partial charge in [0.25, 0.3) is 0 Å². The van der Waals surface area contributed by atoms with Crippen molar-refractivity contribution >= 4 is 22.6 Å². The van der Waals surface area contributed by atoms with Crippen LogP contribution in [0.2, 0.25) is 0 Å². The summed E-state index contributed by atoms with van der Waals surface area (Å²) in [5, 5.41) is 19.1. The number of nitriles is 1. The molecular weight excluding hydrogens is 336 g/mol. The third kappa shape index (κ3) is 3.84. The van der Waals surface area contributed by atoms with Crippen molar-refractivity contribution in [3.63, 3.8) is 0 Å². The number of methoxy groups -OCH3 is 1. The lowest BCUT2D eigenvalue weighted by Crippen LogP contribution is -2.03. The van der Waals surface area contributed by atoms with E-state index in [0.717, 1.165) is 35.4 Å². The van der Waals surface area contributed by atoms with E-state index in [1.165, 1.54) is 16.9 Å². The average molecular weight is 356 g/mol. The van der Waals surface area contributed by atoms with Gasteiger partial charge in [0.1, 0.15) is 17.7 Å². The van der Waals surface area contributed by atoms with Crippen molar-refractivity contribution in [2.24, 2.45) is 4.99 Å². The molecule has 0 spiro atoms. The normalized spacial score (nSPS) is 13.5. The van der Waals surface area contributed by atoms with Gasteiger partial charge < -0.3 is 14.6 Å². The molecular formula is C19H20N2O3S. The molecule has 0 radical (unpaired) electrons. The van der Waals surface area contributed by atoms with Gasteiger partial charge in [0.05, 0.1) is 19.3 Å². The molecule has 2 aromatic rings. The number of fused-ring (bicyclic) bond motifs is 1. The standard InChI is InChI=1S/C19H20N2O3S/c1-23-17-10-13(6-7-16(17)24-9-8-22)12-21-19-15(11-20)14-4-2-3-5-18(14)25-19/h6-7,10,12,22H,2-5,8-9H2,1H3/b21-12+. The molecule has 0 atom stereocenters. The Morgan fingerprint density at radius 2 is 2.16 bits per heavy atom. The second-order valence-corrected chi connectivity index (χ2v) is 6.83. The van der Waals surface area contributed by atoms with E-state index in [9.17, 15) is 5.26 Å². The number of nitrogens with zero attached hydrogens (tertiary/aromatic N) is 2. The fourth-order valence-electron chi connectivity index (χ4n) is 2.93. The van der Waals surface area contributed by atoms with Gasteiger partial charge in [0.15, 0.2) is 11.5 Å². The minimum atomic E-state index is -0.0493. The monoisotopic (exact) mass is 356 g/mol. The molecule has 3 rings (SSSR count). The number of aliphatic hydroxyl groups excluding tert-OH is 1. The van der Waals surface area contributed by atoms with Crippen LogP contribution in [0.5, 0.6) is 11.5 Å². The second-order valence-electron chi connectivity index (χ2n) is 5.74. The maximum atomic E-state index is 9.49. The molecule has 1 aliphatic carbocycles. The first kappa shape index (κ1) is 17.5. The van der Waals surface area contributed by atoms with Gasteiger partial charge in [0.2, 0.25) is 0 Å². The number of hydrogen-bond acceptors (Lipinski definition) is 6. The minimum Gasteiger partial charge on any atom is -0.493 e. The third-order valence-electron chi connectivity index (χ3n) is 4.13. The Balaban J connectivity index is 1.85. The molecule has 1 aliphatic rings. The van der Waals surface area contributed by atoms with Crippen molar-refractivity contribution in [1.82, 2.24) is 0 Å². The molecule has 1 aromatic carbocycles. The number of thiophene rings is 1. The zero-order chi connectivity index (χ0) is 17.6. The first-order chi connectivity index (χ1) is 12.3. The predicted octanol–water partition coefficient (Wildman–Crippen LogP) is 3.63. The first-order valence-electron chi connectivity index (χ1n) is 8.27. The number of benzene rings is 1. The number of aryl methyl sites for hydroxylation is 1. The summed E-state index contributed by atoms with van der Waals surface area (Å²) in [7, 11) is 1.57. The van der Waals surface area contributed by atoms with E-state index < -0.39 is 0 Å². The van der Waals surface area contributed by atoms with Crippen LogP contribution in [0.4, 0.5) is 5.00 Å². The summed E-state index contributed by atoms with van der Waals surface area (Å²) in [6, 6.07) is 7.82. The van der Waals surface area contributed by atoms with Crippen LogP contribution in [0.1, 0.15) is 34.4 Å². The van der Waals surface area contributed by atoms with Crippen LogP contribution in [0.15, 0.2) is 23.2 Å². The molecule has 0 amide bonds. The van der Waals surface area contributed by atoms with Crippen LogP contribution in [0, 0.1) is 11.3 Å². The Kier molecular flexibility index (Phi) is 5.69. The summed E-state index contributed by atoms with van der Waals surface area (Å²) >= 11 is 1.63. The van der Waals surface area contributed by atoms with Crippen molar-refractivity contribution in [1.29, 1.82) is 5.26 Å².